The van der Waals surface area contributed by atoms with Crippen molar-refractivity contribution in [3.8, 4) is 0 Å². The van der Waals surface area contributed by atoms with Crippen LogP contribution in [0.5, 0.6) is 0 Å². The van der Waals surface area contributed by atoms with Gasteiger partial charge in [-0.3, -0.25) is 4.79 Å². The fourth-order valence-corrected chi connectivity index (χ4v) is 2.22. The number of hydrogen-bond donors (Lipinski definition) is 2. The van der Waals surface area contributed by atoms with Gasteiger partial charge in [-0.1, -0.05) is 18.3 Å². The summed E-state index contributed by atoms with van der Waals surface area (Å²) in [5.74, 6) is -0.154. The third-order valence-corrected chi connectivity index (χ3v) is 3.92. The Morgan fingerprint density at radius 2 is 2.16 bits per heavy atom. The Labute approximate surface area is 118 Å². The van der Waals surface area contributed by atoms with Gasteiger partial charge in [-0.25, -0.2) is 0 Å². The molecule has 0 bridgehead atoms. The van der Waals surface area contributed by atoms with Crippen LogP contribution in [0.15, 0.2) is 0 Å². The zero-order valence-electron chi connectivity index (χ0n) is 12.1. The number of likely N-dealkylation sites (N-methyl/N-ethyl adjacent to an activating group) is 1. The molecule has 1 heterocycles. The van der Waals surface area contributed by atoms with E-state index in [1.165, 1.54) is 11.3 Å². The highest BCUT2D eigenvalue weighted by Gasteiger charge is 2.12. The van der Waals surface area contributed by atoms with E-state index >= 15 is 0 Å². The SMILES string of the molecule is CCNc1nnc(C(=O)NCCN(C)C(C)CC)s1. The van der Waals surface area contributed by atoms with Crippen LogP contribution in [0.25, 0.3) is 0 Å². The number of nitrogens with one attached hydrogen (secondary N) is 2. The van der Waals surface area contributed by atoms with Gasteiger partial charge in [-0.15, -0.1) is 10.2 Å². The quantitative estimate of drug-likeness (QED) is 0.756. The van der Waals surface area contributed by atoms with E-state index in [2.05, 4.69) is 46.6 Å². The van der Waals surface area contributed by atoms with E-state index in [0.29, 0.717) is 22.7 Å². The molecule has 1 unspecified atom stereocenters. The lowest BCUT2D eigenvalue weighted by atomic mass is 10.2. The lowest BCUT2D eigenvalue weighted by Crippen LogP contribution is -2.37. The molecule has 0 aromatic carbocycles. The number of nitrogens with zero attached hydrogens (tertiary/aromatic N) is 3. The van der Waals surface area contributed by atoms with E-state index in [1.54, 1.807) is 0 Å². The monoisotopic (exact) mass is 285 g/mol. The van der Waals surface area contributed by atoms with Crippen molar-refractivity contribution >= 4 is 22.4 Å². The molecule has 0 saturated heterocycles. The predicted molar refractivity (Wildman–Crippen MR) is 78.8 cm³/mol. The van der Waals surface area contributed by atoms with Gasteiger partial charge >= 0.3 is 0 Å². The number of rotatable bonds is 8. The van der Waals surface area contributed by atoms with Crippen LogP contribution < -0.4 is 10.6 Å². The summed E-state index contributed by atoms with van der Waals surface area (Å²) < 4.78 is 0. The third-order valence-electron chi connectivity index (χ3n) is 3.04. The van der Waals surface area contributed by atoms with E-state index in [9.17, 15) is 4.79 Å². The van der Waals surface area contributed by atoms with Crippen LogP contribution >= 0.6 is 11.3 Å². The number of carbonyl (C=O) groups excluding carboxylic acids is 1. The van der Waals surface area contributed by atoms with Gasteiger partial charge < -0.3 is 15.5 Å². The second-order valence-electron chi connectivity index (χ2n) is 4.44. The minimum absolute atomic E-state index is 0.154. The first-order chi connectivity index (χ1) is 9.08. The van der Waals surface area contributed by atoms with E-state index in [0.717, 1.165) is 19.5 Å². The van der Waals surface area contributed by atoms with E-state index in [1.807, 2.05) is 6.92 Å². The van der Waals surface area contributed by atoms with Crippen molar-refractivity contribution in [3.63, 3.8) is 0 Å². The number of amides is 1. The van der Waals surface area contributed by atoms with Gasteiger partial charge in [0.2, 0.25) is 10.1 Å². The normalized spacial score (nSPS) is 12.5. The van der Waals surface area contributed by atoms with E-state index in [4.69, 9.17) is 0 Å². The molecule has 2 N–H and O–H groups in total. The first-order valence-electron chi connectivity index (χ1n) is 6.64. The zero-order valence-corrected chi connectivity index (χ0v) is 12.9. The molecular formula is C12H23N5OS. The lowest BCUT2D eigenvalue weighted by Gasteiger charge is -2.23. The molecule has 0 aliphatic carbocycles. The van der Waals surface area contributed by atoms with Gasteiger partial charge in [-0.05, 0) is 27.3 Å². The van der Waals surface area contributed by atoms with Crippen LogP contribution in [0.2, 0.25) is 0 Å². The molecule has 0 saturated carbocycles. The standard InChI is InChI=1S/C12H23N5OS/c1-5-9(3)17(4)8-7-14-10(18)11-15-16-12(19-11)13-6-2/h9H,5-8H2,1-4H3,(H,13,16)(H,14,18). The molecule has 6 nitrogen and oxygen atoms in total. The van der Waals surface area contributed by atoms with Crippen molar-refractivity contribution in [2.75, 3.05) is 32.0 Å². The topological polar surface area (TPSA) is 70.1 Å². The van der Waals surface area contributed by atoms with Gasteiger partial charge in [0, 0.05) is 25.7 Å². The highest BCUT2D eigenvalue weighted by Crippen LogP contribution is 2.14. The Balaban J connectivity index is 2.34. The maximum Gasteiger partial charge on any atom is 0.282 e. The summed E-state index contributed by atoms with van der Waals surface area (Å²) in [6, 6.07) is 0.527. The minimum Gasteiger partial charge on any atom is -0.360 e. The second kappa shape index (κ2) is 8.06. The predicted octanol–water partition coefficient (Wildman–Crippen LogP) is 1.43. The van der Waals surface area contributed by atoms with Crippen LogP contribution in [0, 0.1) is 0 Å². The summed E-state index contributed by atoms with van der Waals surface area (Å²) in [5.41, 5.74) is 0. The van der Waals surface area contributed by atoms with Gasteiger partial charge in [0.25, 0.3) is 5.91 Å². The van der Waals surface area contributed by atoms with E-state index in [-0.39, 0.29) is 5.91 Å². The summed E-state index contributed by atoms with van der Waals surface area (Å²) in [5, 5.41) is 14.8. The maximum atomic E-state index is 11.8. The van der Waals surface area contributed by atoms with Crippen molar-refractivity contribution < 1.29 is 4.79 Å². The minimum atomic E-state index is -0.154. The van der Waals surface area contributed by atoms with E-state index < -0.39 is 0 Å². The Kier molecular flexibility index (Phi) is 6.72. The molecule has 1 amide bonds. The first-order valence-corrected chi connectivity index (χ1v) is 7.45. The van der Waals surface area contributed by atoms with Gasteiger partial charge in [0.1, 0.15) is 0 Å². The third kappa shape index (κ3) is 5.12. The summed E-state index contributed by atoms with van der Waals surface area (Å²) in [6.45, 7) is 8.54. The highest BCUT2D eigenvalue weighted by atomic mass is 32.1. The molecule has 0 aliphatic rings. The van der Waals surface area contributed by atoms with Crippen molar-refractivity contribution in [1.82, 2.24) is 20.4 Å². The number of hydrogen-bond acceptors (Lipinski definition) is 6. The number of aromatic nitrogens is 2. The Hall–Kier alpha value is -1.21. The molecule has 1 aromatic heterocycles. The van der Waals surface area contributed by atoms with Gasteiger partial charge in [-0.2, -0.15) is 0 Å². The van der Waals surface area contributed by atoms with Crippen molar-refractivity contribution in [2.24, 2.45) is 0 Å². The molecule has 0 aliphatic heterocycles. The Morgan fingerprint density at radius 3 is 2.79 bits per heavy atom. The van der Waals surface area contributed by atoms with Crippen molar-refractivity contribution in [1.29, 1.82) is 0 Å². The first kappa shape index (κ1) is 15.8. The van der Waals surface area contributed by atoms with Crippen LogP contribution in [-0.2, 0) is 0 Å². The van der Waals surface area contributed by atoms with Crippen LogP contribution in [0.1, 0.15) is 37.0 Å². The summed E-state index contributed by atoms with van der Waals surface area (Å²) >= 11 is 1.28. The molecule has 0 radical (unpaired) electrons. The lowest BCUT2D eigenvalue weighted by molar-refractivity contribution is 0.0946. The fraction of sp³-hybridized carbons (Fsp3) is 0.750. The van der Waals surface area contributed by atoms with Crippen LogP contribution in [-0.4, -0.2) is 53.7 Å². The molecule has 19 heavy (non-hydrogen) atoms. The van der Waals surface area contributed by atoms with Crippen molar-refractivity contribution in [2.45, 2.75) is 33.2 Å². The van der Waals surface area contributed by atoms with Crippen LogP contribution in [0.4, 0.5) is 5.13 Å². The highest BCUT2D eigenvalue weighted by molar-refractivity contribution is 7.17. The summed E-state index contributed by atoms with van der Waals surface area (Å²) in [4.78, 5) is 14.1. The molecule has 1 rings (SSSR count). The molecule has 1 atom stereocenters. The molecular weight excluding hydrogens is 262 g/mol. The van der Waals surface area contributed by atoms with Crippen LogP contribution in [0.3, 0.4) is 0 Å². The zero-order chi connectivity index (χ0) is 14.3. The number of anilines is 1. The largest absolute Gasteiger partial charge is 0.360 e. The fourth-order valence-electron chi connectivity index (χ4n) is 1.49. The average molecular weight is 285 g/mol. The average Bonchev–Trinajstić information content (AvgIpc) is 2.86. The number of carbonyl (C=O) groups is 1. The Bertz CT molecular complexity index is 395. The molecule has 108 valence electrons. The molecule has 0 spiro atoms. The summed E-state index contributed by atoms with van der Waals surface area (Å²) in [7, 11) is 2.06. The van der Waals surface area contributed by atoms with Gasteiger partial charge in [0.15, 0.2) is 0 Å². The molecule has 0 fully saturated rings. The maximum absolute atomic E-state index is 11.8. The second-order valence-corrected chi connectivity index (χ2v) is 5.41. The molecule has 7 heteroatoms. The van der Waals surface area contributed by atoms with Crippen molar-refractivity contribution in [3.05, 3.63) is 5.01 Å². The summed E-state index contributed by atoms with van der Waals surface area (Å²) in [6.07, 6.45) is 1.10. The molecule has 1 aromatic rings. The smallest absolute Gasteiger partial charge is 0.282 e. The Morgan fingerprint density at radius 1 is 1.42 bits per heavy atom. The van der Waals surface area contributed by atoms with Gasteiger partial charge in [0.05, 0.1) is 0 Å².